The Morgan fingerprint density at radius 2 is 1.82 bits per heavy atom. The number of hydrogen-bond donors (Lipinski definition) is 2. The summed E-state index contributed by atoms with van der Waals surface area (Å²) in [5, 5.41) is 11.8. The van der Waals surface area contributed by atoms with Gasteiger partial charge in [-0.05, 0) is 74.8 Å². The first-order valence-electron chi connectivity index (χ1n) is 13.3. The van der Waals surface area contributed by atoms with Crippen LogP contribution in [0.3, 0.4) is 0 Å². The van der Waals surface area contributed by atoms with Crippen molar-refractivity contribution in [1.29, 1.82) is 0 Å². The van der Waals surface area contributed by atoms with Gasteiger partial charge in [-0.1, -0.05) is 0 Å². The number of rotatable bonds is 6. The molecule has 2 aromatic heterocycles. The monoisotopic (exact) mass is 512 g/mol. The second-order valence-corrected chi connectivity index (χ2v) is 11.1. The van der Waals surface area contributed by atoms with E-state index in [-0.39, 0.29) is 29.9 Å². The van der Waals surface area contributed by atoms with Gasteiger partial charge in [-0.15, -0.1) is 0 Å². The summed E-state index contributed by atoms with van der Waals surface area (Å²) in [6, 6.07) is 6.69. The number of fused-ring (bicyclic) bond motifs is 2. The summed E-state index contributed by atoms with van der Waals surface area (Å²) in [5.41, 5.74) is 4.67. The molecule has 1 atom stereocenters. The number of nitrogens with one attached hydrogen (secondary N) is 2. The molecule has 3 fully saturated rings. The number of carbonyl (C=O) groups excluding carboxylic acids is 4. The highest BCUT2D eigenvalue weighted by atomic mass is 16.2. The number of amides is 4. The highest BCUT2D eigenvalue weighted by molar-refractivity contribution is 6.23. The molecule has 4 heterocycles. The van der Waals surface area contributed by atoms with Crippen LogP contribution in [0.5, 0.6) is 0 Å². The van der Waals surface area contributed by atoms with Crippen LogP contribution in [0.25, 0.3) is 11.0 Å². The number of benzene rings is 1. The van der Waals surface area contributed by atoms with E-state index in [1.807, 2.05) is 6.20 Å². The van der Waals surface area contributed by atoms with Crippen molar-refractivity contribution in [2.75, 3.05) is 11.9 Å². The average Bonchev–Trinajstić information content (AvgIpc) is 3.61. The number of hydrogen-bond acceptors (Lipinski definition) is 7. The molecule has 38 heavy (non-hydrogen) atoms. The van der Waals surface area contributed by atoms with Crippen LogP contribution in [0.1, 0.15) is 82.5 Å². The number of anilines is 1. The first-order chi connectivity index (χ1) is 18.4. The van der Waals surface area contributed by atoms with Crippen molar-refractivity contribution in [3.63, 3.8) is 0 Å². The topological polar surface area (TPSA) is 126 Å². The van der Waals surface area contributed by atoms with Crippen LogP contribution in [0, 0.1) is 12.8 Å². The van der Waals surface area contributed by atoms with Crippen LogP contribution >= 0.6 is 0 Å². The SMILES string of the molecule is Cc1cnc2c(c1)c(C1CC1)nn2[C@H]1C[C@H](CNc2ccc3c(c2)C(=O)N(C2CCC(=O)NC2=O)C3=O)C1. The fraction of sp³-hybridized carbons (Fsp3) is 0.429. The Balaban J connectivity index is 1.01. The molecule has 2 N–H and O–H groups in total. The van der Waals surface area contributed by atoms with E-state index in [1.54, 1.807) is 18.2 Å². The lowest BCUT2D eigenvalue weighted by atomic mass is 9.80. The lowest BCUT2D eigenvalue weighted by Gasteiger charge is -2.35. The third-order valence-corrected chi connectivity index (χ3v) is 8.27. The van der Waals surface area contributed by atoms with Crippen LogP contribution in [-0.4, -0.2) is 55.9 Å². The van der Waals surface area contributed by atoms with Crippen molar-refractivity contribution in [2.24, 2.45) is 5.92 Å². The molecule has 0 bridgehead atoms. The Hall–Kier alpha value is -4.08. The van der Waals surface area contributed by atoms with Crippen molar-refractivity contribution in [1.82, 2.24) is 25.0 Å². The molecule has 194 valence electrons. The molecule has 2 aliphatic carbocycles. The van der Waals surface area contributed by atoms with Crippen molar-refractivity contribution in [3.05, 3.63) is 52.8 Å². The number of piperidine rings is 1. The third-order valence-electron chi connectivity index (χ3n) is 8.27. The van der Waals surface area contributed by atoms with E-state index in [9.17, 15) is 19.2 Å². The molecule has 2 saturated carbocycles. The van der Waals surface area contributed by atoms with Gasteiger partial charge in [0.05, 0.1) is 22.9 Å². The molecular weight excluding hydrogens is 484 g/mol. The third kappa shape index (κ3) is 3.69. The van der Waals surface area contributed by atoms with Crippen molar-refractivity contribution in [2.45, 2.75) is 63.5 Å². The van der Waals surface area contributed by atoms with Crippen molar-refractivity contribution >= 4 is 40.3 Å². The second-order valence-electron chi connectivity index (χ2n) is 11.1. The van der Waals surface area contributed by atoms with E-state index in [4.69, 9.17) is 10.1 Å². The van der Waals surface area contributed by atoms with Crippen LogP contribution < -0.4 is 10.6 Å². The molecule has 1 saturated heterocycles. The van der Waals surface area contributed by atoms with Gasteiger partial charge in [-0.2, -0.15) is 5.10 Å². The Labute approximate surface area is 218 Å². The Bertz CT molecular complexity index is 1530. The van der Waals surface area contributed by atoms with Crippen molar-refractivity contribution < 1.29 is 19.2 Å². The quantitative estimate of drug-likeness (QED) is 0.486. The number of imide groups is 2. The largest absolute Gasteiger partial charge is 0.385 e. The van der Waals surface area contributed by atoms with Crippen LogP contribution in [0.4, 0.5) is 5.69 Å². The van der Waals surface area contributed by atoms with Gasteiger partial charge >= 0.3 is 0 Å². The van der Waals surface area contributed by atoms with Gasteiger partial charge in [0.15, 0.2) is 5.65 Å². The summed E-state index contributed by atoms with van der Waals surface area (Å²) in [5.74, 6) is -0.948. The zero-order chi connectivity index (χ0) is 26.1. The van der Waals surface area contributed by atoms with Crippen LogP contribution in [0.15, 0.2) is 30.5 Å². The number of nitrogens with zero attached hydrogens (tertiary/aromatic N) is 4. The minimum Gasteiger partial charge on any atom is -0.385 e. The standard InChI is InChI=1S/C28H28N6O4/c1-14-8-21-24(16-2-3-16)32-34(25(21)30-12-14)18-9-15(10-18)13-29-17-4-5-19-20(11-17)28(38)33(27(19)37)22-6-7-23(35)31-26(22)36/h4-5,8,11-12,15-16,18,22,29H,2-3,6-7,9-10,13H2,1H3,(H,31,35,36)/t15-,18-,22?. The van der Waals surface area contributed by atoms with Crippen LogP contribution in [-0.2, 0) is 9.59 Å². The molecule has 10 heteroatoms. The predicted molar refractivity (Wildman–Crippen MR) is 138 cm³/mol. The maximum Gasteiger partial charge on any atom is 0.262 e. The summed E-state index contributed by atoms with van der Waals surface area (Å²) in [6.45, 7) is 2.82. The summed E-state index contributed by atoms with van der Waals surface area (Å²) >= 11 is 0. The fourth-order valence-corrected chi connectivity index (χ4v) is 5.97. The summed E-state index contributed by atoms with van der Waals surface area (Å²) in [7, 11) is 0. The lowest BCUT2D eigenvalue weighted by Crippen LogP contribution is -2.54. The summed E-state index contributed by atoms with van der Waals surface area (Å²) in [4.78, 5) is 55.4. The number of aryl methyl sites for hydroxylation is 1. The van der Waals surface area contributed by atoms with Gasteiger partial charge in [-0.25, -0.2) is 9.67 Å². The van der Waals surface area contributed by atoms with Gasteiger partial charge in [-0.3, -0.25) is 29.4 Å². The number of aromatic nitrogens is 3. The lowest BCUT2D eigenvalue weighted by molar-refractivity contribution is -0.136. The smallest absolute Gasteiger partial charge is 0.262 e. The average molecular weight is 513 g/mol. The highest BCUT2D eigenvalue weighted by Gasteiger charge is 2.44. The van der Waals surface area contributed by atoms with E-state index in [1.165, 1.54) is 23.9 Å². The first kappa shape index (κ1) is 23.1. The van der Waals surface area contributed by atoms with E-state index in [2.05, 4.69) is 28.3 Å². The number of pyridine rings is 1. The molecule has 2 aliphatic heterocycles. The molecule has 4 aliphatic rings. The van der Waals surface area contributed by atoms with Gasteiger partial charge in [0.1, 0.15) is 6.04 Å². The number of carbonyl (C=O) groups is 4. The maximum atomic E-state index is 13.1. The molecule has 4 amide bonds. The summed E-state index contributed by atoms with van der Waals surface area (Å²) in [6.07, 6.45) is 6.56. The Kier molecular flexibility index (Phi) is 5.14. The molecule has 0 spiro atoms. The van der Waals surface area contributed by atoms with E-state index in [0.29, 0.717) is 17.9 Å². The van der Waals surface area contributed by atoms with E-state index < -0.39 is 23.8 Å². The van der Waals surface area contributed by atoms with Gasteiger partial charge in [0, 0.05) is 36.2 Å². The fourth-order valence-electron chi connectivity index (χ4n) is 5.97. The van der Waals surface area contributed by atoms with E-state index >= 15 is 0 Å². The minimum absolute atomic E-state index is 0.102. The summed E-state index contributed by atoms with van der Waals surface area (Å²) < 4.78 is 2.13. The molecule has 1 unspecified atom stereocenters. The molecule has 1 aromatic carbocycles. The molecule has 3 aromatic rings. The maximum absolute atomic E-state index is 13.1. The van der Waals surface area contributed by atoms with Gasteiger partial charge < -0.3 is 5.32 Å². The van der Waals surface area contributed by atoms with Crippen molar-refractivity contribution in [3.8, 4) is 0 Å². The van der Waals surface area contributed by atoms with Crippen LogP contribution in [0.2, 0.25) is 0 Å². The van der Waals surface area contributed by atoms with E-state index in [0.717, 1.165) is 41.2 Å². The molecule has 0 radical (unpaired) electrons. The normalized spacial score (nSPS) is 25.0. The first-order valence-corrected chi connectivity index (χ1v) is 13.3. The molecule has 7 rings (SSSR count). The van der Waals surface area contributed by atoms with Gasteiger partial charge in [0.2, 0.25) is 11.8 Å². The predicted octanol–water partition coefficient (Wildman–Crippen LogP) is 3.08. The highest BCUT2D eigenvalue weighted by Crippen LogP contribution is 2.45. The zero-order valence-electron chi connectivity index (χ0n) is 21.1. The molecule has 10 nitrogen and oxygen atoms in total. The zero-order valence-corrected chi connectivity index (χ0v) is 21.1. The second kappa shape index (κ2) is 8.47. The Morgan fingerprint density at radius 3 is 2.58 bits per heavy atom. The molecular formula is C28H28N6O4. The van der Waals surface area contributed by atoms with Gasteiger partial charge in [0.25, 0.3) is 11.8 Å². The Morgan fingerprint density at radius 1 is 1.03 bits per heavy atom. The minimum atomic E-state index is -0.958.